The fraction of sp³-hybridized carbons (Fsp3) is 0.0870. The van der Waals surface area contributed by atoms with Crippen molar-refractivity contribution in [2.24, 2.45) is 0 Å². The molecule has 0 spiro atoms. The Morgan fingerprint density at radius 3 is 2.34 bits per heavy atom. The van der Waals surface area contributed by atoms with Crippen molar-refractivity contribution in [1.29, 1.82) is 0 Å². The zero-order chi connectivity index (χ0) is 25.2. The highest BCUT2D eigenvalue weighted by atomic mass is 127. The number of amides is 2. The van der Waals surface area contributed by atoms with Crippen LogP contribution in [-0.4, -0.2) is 26.4 Å². The van der Waals surface area contributed by atoms with Crippen LogP contribution in [0.15, 0.2) is 60.0 Å². The number of rotatable bonds is 5. The lowest BCUT2D eigenvalue weighted by Crippen LogP contribution is -2.17. The summed E-state index contributed by atoms with van der Waals surface area (Å²) < 4.78 is 43.1. The molecular weight excluding hydrogens is 594 g/mol. The van der Waals surface area contributed by atoms with E-state index in [-0.39, 0.29) is 17.2 Å². The standard InChI is InChI=1S/C23H15F3IN5O2S/c1-12-16(7-9-20(28-12)23(24,25)26)22(34)29-15-6-8-17(27)18(10-15)30-21(33)14-4-2-13(3-5-14)19-11-35-32-31-19/h2-11H,1H3,(H,29,34)(H,30,33). The van der Waals surface area contributed by atoms with Gasteiger partial charge in [-0.1, -0.05) is 16.6 Å². The number of benzene rings is 2. The Labute approximate surface area is 215 Å². The van der Waals surface area contributed by atoms with E-state index >= 15 is 0 Å². The number of nitrogens with one attached hydrogen (secondary N) is 2. The molecule has 0 bridgehead atoms. The Morgan fingerprint density at radius 1 is 0.971 bits per heavy atom. The molecule has 0 saturated carbocycles. The SMILES string of the molecule is Cc1nc(C(F)(F)F)ccc1C(=O)Nc1ccc(I)c(NC(=O)c2ccc(-c3csnn3)cc2)c1. The van der Waals surface area contributed by atoms with Crippen molar-refractivity contribution in [3.8, 4) is 11.3 Å². The maximum Gasteiger partial charge on any atom is 0.433 e. The van der Waals surface area contributed by atoms with Crippen LogP contribution < -0.4 is 10.6 Å². The largest absolute Gasteiger partial charge is 0.433 e. The van der Waals surface area contributed by atoms with Gasteiger partial charge in [0.2, 0.25) is 0 Å². The third-order valence-electron chi connectivity index (χ3n) is 4.90. The quantitative estimate of drug-likeness (QED) is 0.269. The van der Waals surface area contributed by atoms with Crippen molar-refractivity contribution in [2.75, 3.05) is 10.6 Å². The van der Waals surface area contributed by atoms with Crippen LogP contribution in [0.5, 0.6) is 0 Å². The highest BCUT2D eigenvalue weighted by Gasteiger charge is 2.33. The summed E-state index contributed by atoms with van der Waals surface area (Å²) in [5, 5.41) is 11.2. The first-order valence-electron chi connectivity index (χ1n) is 9.96. The van der Waals surface area contributed by atoms with Crippen molar-refractivity contribution in [2.45, 2.75) is 13.1 Å². The van der Waals surface area contributed by atoms with E-state index in [1.54, 1.807) is 47.8 Å². The molecule has 0 radical (unpaired) electrons. The fourth-order valence-corrected chi connectivity index (χ4v) is 4.07. The Bertz CT molecular complexity index is 1390. The number of pyridine rings is 1. The molecule has 2 aromatic carbocycles. The Hall–Kier alpha value is -3.39. The topological polar surface area (TPSA) is 96.9 Å². The molecule has 0 saturated heterocycles. The van der Waals surface area contributed by atoms with E-state index in [9.17, 15) is 22.8 Å². The summed E-state index contributed by atoms with van der Waals surface area (Å²) in [6.07, 6.45) is -4.60. The number of aryl methyl sites for hydroxylation is 1. The van der Waals surface area contributed by atoms with E-state index in [1.165, 1.54) is 18.5 Å². The number of anilines is 2. The molecule has 0 unspecified atom stereocenters. The van der Waals surface area contributed by atoms with Gasteiger partial charge in [0.1, 0.15) is 11.4 Å². The predicted molar refractivity (Wildman–Crippen MR) is 134 cm³/mol. The fourth-order valence-electron chi connectivity index (χ4n) is 3.13. The third-order valence-corrected chi connectivity index (χ3v) is 6.34. The molecule has 0 aliphatic rings. The first-order chi connectivity index (χ1) is 16.6. The van der Waals surface area contributed by atoms with Crippen molar-refractivity contribution in [3.05, 3.63) is 86.1 Å². The van der Waals surface area contributed by atoms with E-state index in [2.05, 4.69) is 25.2 Å². The van der Waals surface area contributed by atoms with Crippen LogP contribution >= 0.6 is 34.1 Å². The van der Waals surface area contributed by atoms with Gasteiger partial charge in [-0.3, -0.25) is 9.59 Å². The normalized spacial score (nSPS) is 11.2. The minimum atomic E-state index is -4.60. The van der Waals surface area contributed by atoms with Gasteiger partial charge >= 0.3 is 6.18 Å². The molecule has 4 rings (SSSR count). The van der Waals surface area contributed by atoms with Gasteiger partial charge in [-0.15, -0.1) is 5.10 Å². The number of aromatic nitrogens is 3. The molecule has 7 nitrogen and oxygen atoms in total. The summed E-state index contributed by atoms with van der Waals surface area (Å²) in [7, 11) is 0. The summed E-state index contributed by atoms with van der Waals surface area (Å²) in [6, 6.07) is 13.6. The minimum Gasteiger partial charge on any atom is -0.322 e. The Balaban J connectivity index is 1.48. The maximum atomic E-state index is 12.8. The first kappa shape index (κ1) is 24.7. The number of carbonyl (C=O) groups excluding carboxylic acids is 2. The highest BCUT2D eigenvalue weighted by Crippen LogP contribution is 2.29. The van der Waals surface area contributed by atoms with Crippen molar-refractivity contribution in [3.63, 3.8) is 0 Å². The second kappa shape index (κ2) is 10.1. The number of alkyl halides is 3. The van der Waals surface area contributed by atoms with Gasteiger partial charge in [-0.05, 0) is 83.5 Å². The molecule has 178 valence electrons. The lowest BCUT2D eigenvalue weighted by atomic mass is 10.1. The second-order valence-corrected chi connectivity index (χ2v) is 9.07. The van der Waals surface area contributed by atoms with Gasteiger partial charge in [-0.2, -0.15) is 13.2 Å². The zero-order valence-electron chi connectivity index (χ0n) is 17.9. The third kappa shape index (κ3) is 5.82. The van der Waals surface area contributed by atoms with E-state index in [0.29, 0.717) is 16.9 Å². The average molecular weight is 609 g/mol. The molecule has 12 heteroatoms. The molecule has 0 aliphatic carbocycles. The molecule has 2 heterocycles. The zero-order valence-corrected chi connectivity index (χ0v) is 20.8. The van der Waals surface area contributed by atoms with Crippen molar-refractivity contribution >= 4 is 57.3 Å². The van der Waals surface area contributed by atoms with Crippen molar-refractivity contribution < 1.29 is 22.8 Å². The van der Waals surface area contributed by atoms with Gasteiger partial charge in [-0.25, -0.2) is 4.98 Å². The Morgan fingerprint density at radius 2 is 1.71 bits per heavy atom. The number of nitrogens with zero attached hydrogens (tertiary/aromatic N) is 3. The molecule has 4 aromatic rings. The molecule has 0 aliphatic heterocycles. The van der Waals surface area contributed by atoms with Crippen LogP contribution in [-0.2, 0) is 6.18 Å². The van der Waals surface area contributed by atoms with E-state index in [0.717, 1.165) is 27.0 Å². The second-order valence-electron chi connectivity index (χ2n) is 7.30. The van der Waals surface area contributed by atoms with Gasteiger partial charge in [0.25, 0.3) is 11.8 Å². The van der Waals surface area contributed by atoms with Crippen LogP contribution in [0.25, 0.3) is 11.3 Å². The van der Waals surface area contributed by atoms with Crippen LogP contribution in [0.3, 0.4) is 0 Å². The van der Waals surface area contributed by atoms with Crippen LogP contribution in [0.2, 0.25) is 0 Å². The predicted octanol–water partition coefficient (Wildman–Crippen LogP) is 6.04. The molecule has 0 fully saturated rings. The molecule has 35 heavy (non-hydrogen) atoms. The van der Waals surface area contributed by atoms with E-state index in [4.69, 9.17) is 0 Å². The number of carbonyl (C=O) groups is 2. The van der Waals surface area contributed by atoms with Crippen LogP contribution in [0.4, 0.5) is 24.5 Å². The molecular formula is C23H15F3IN5O2S. The molecule has 2 N–H and O–H groups in total. The molecule has 0 atom stereocenters. The lowest BCUT2D eigenvalue weighted by Gasteiger charge is -2.13. The minimum absolute atomic E-state index is 0.0116. The van der Waals surface area contributed by atoms with E-state index in [1.807, 2.05) is 22.6 Å². The monoisotopic (exact) mass is 609 g/mol. The number of halogens is 4. The summed E-state index contributed by atoms with van der Waals surface area (Å²) >= 11 is 3.28. The van der Waals surface area contributed by atoms with Gasteiger partial charge in [0, 0.05) is 25.8 Å². The van der Waals surface area contributed by atoms with Crippen molar-refractivity contribution in [1.82, 2.24) is 14.6 Å². The summed E-state index contributed by atoms with van der Waals surface area (Å²) in [4.78, 5) is 28.9. The average Bonchev–Trinajstić information content (AvgIpc) is 3.35. The summed E-state index contributed by atoms with van der Waals surface area (Å²) in [6.45, 7) is 1.33. The maximum absolute atomic E-state index is 12.8. The highest BCUT2D eigenvalue weighted by molar-refractivity contribution is 14.1. The summed E-state index contributed by atoms with van der Waals surface area (Å²) in [5.74, 6) is -0.966. The first-order valence-corrected chi connectivity index (χ1v) is 11.9. The molecule has 2 aromatic heterocycles. The smallest absolute Gasteiger partial charge is 0.322 e. The number of hydrogen-bond acceptors (Lipinski definition) is 6. The van der Waals surface area contributed by atoms with E-state index < -0.39 is 17.8 Å². The van der Waals surface area contributed by atoms with Crippen LogP contribution in [0, 0.1) is 10.5 Å². The Kier molecular flexibility index (Phi) is 7.12. The van der Waals surface area contributed by atoms with Gasteiger partial charge in [0.15, 0.2) is 0 Å². The van der Waals surface area contributed by atoms with Crippen LogP contribution in [0.1, 0.15) is 32.1 Å². The van der Waals surface area contributed by atoms with Gasteiger partial charge in [0.05, 0.1) is 16.9 Å². The number of hydrogen-bond donors (Lipinski definition) is 2. The molecule has 2 amide bonds. The lowest BCUT2D eigenvalue weighted by molar-refractivity contribution is -0.141. The van der Waals surface area contributed by atoms with Gasteiger partial charge < -0.3 is 10.6 Å². The summed E-state index contributed by atoms with van der Waals surface area (Å²) in [5.41, 5.74) is 1.70.